The number of ether oxygens (including phenoxy) is 1. The van der Waals surface area contributed by atoms with Crippen LogP contribution in [0.3, 0.4) is 0 Å². The molecule has 4 amide bonds. The Morgan fingerprint density at radius 2 is 1.81 bits per heavy atom. The highest BCUT2D eigenvalue weighted by molar-refractivity contribution is 5.94. The number of aryl methyl sites for hydroxylation is 2. The number of carbonyl (C=O) groups excluding carboxylic acids is 4. The monoisotopic (exact) mass is 501 g/mol. The van der Waals surface area contributed by atoms with Gasteiger partial charge in [0.2, 0.25) is 17.7 Å². The summed E-state index contributed by atoms with van der Waals surface area (Å²) in [4.78, 5) is 52.5. The number of nitrogens with two attached hydrogens (primary N) is 1. The largest absolute Gasteiger partial charge is 0.444 e. The van der Waals surface area contributed by atoms with E-state index >= 15 is 0 Å². The Kier molecular flexibility index (Phi) is 11.4. The molecule has 0 heterocycles. The number of nitrogens with one attached hydrogen (secondary N) is 2. The Labute approximate surface area is 213 Å². The van der Waals surface area contributed by atoms with Gasteiger partial charge in [0.15, 0.2) is 0 Å². The number of amides is 4. The van der Waals surface area contributed by atoms with Gasteiger partial charge >= 0.3 is 6.09 Å². The van der Waals surface area contributed by atoms with Gasteiger partial charge in [0.1, 0.15) is 24.2 Å². The van der Waals surface area contributed by atoms with Crippen molar-refractivity contribution in [2.45, 2.75) is 91.5 Å². The fourth-order valence-corrected chi connectivity index (χ4v) is 3.76. The third-order valence-electron chi connectivity index (χ3n) is 5.32. The highest BCUT2D eigenvalue weighted by Crippen LogP contribution is 2.27. The van der Waals surface area contributed by atoms with Crippen LogP contribution in [0.15, 0.2) is 18.2 Å². The molecule has 0 aliphatic heterocycles. The number of rotatable bonds is 11. The summed E-state index contributed by atoms with van der Waals surface area (Å²) in [6, 6.07) is 4.65. The lowest BCUT2D eigenvalue weighted by Gasteiger charge is -2.34. The van der Waals surface area contributed by atoms with Gasteiger partial charge in [0.05, 0.1) is 12.5 Å². The van der Waals surface area contributed by atoms with Crippen molar-refractivity contribution in [2.75, 3.05) is 6.54 Å². The summed E-state index contributed by atoms with van der Waals surface area (Å²) in [5.41, 5.74) is 6.64. The first-order valence-electron chi connectivity index (χ1n) is 12.0. The maximum atomic E-state index is 13.7. The zero-order valence-corrected chi connectivity index (χ0v) is 22.3. The molecular formula is C26H39N5O5. The van der Waals surface area contributed by atoms with E-state index in [0.717, 1.165) is 28.9 Å². The summed E-state index contributed by atoms with van der Waals surface area (Å²) in [7, 11) is 0. The quantitative estimate of drug-likeness (QED) is 0.396. The first-order valence-corrected chi connectivity index (χ1v) is 12.0. The Morgan fingerprint density at radius 1 is 1.17 bits per heavy atom. The van der Waals surface area contributed by atoms with Crippen molar-refractivity contribution < 1.29 is 23.9 Å². The summed E-state index contributed by atoms with van der Waals surface area (Å²) in [5, 5.41) is 14.9. The van der Waals surface area contributed by atoms with Crippen LogP contribution < -0.4 is 16.4 Å². The van der Waals surface area contributed by atoms with Crippen molar-refractivity contribution in [3.63, 3.8) is 0 Å². The molecule has 0 spiro atoms. The van der Waals surface area contributed by atoms with E-state index in [1.807, 2.05) is 39.0 Å². The molecule has 0 saturated carbocycles. The number of hydrogen-bond donors (Lipinski definition) is 3. The summed E-state index contributed by atoms with van der Waals surface area (Å²) in [6.45, 7) is 12.0. The van der Waals surface area contributed by atoms with Crippen LogP contribution in [0.5, 0.6) is 0 Å². The van der Waals surface area contributed by atoms with Crippen LogP contribution in [-0.2, 0) is 19.1 Å². The topological polar surface area (TPSA) is 155 Å². The van der Waals surface area contributed by atoms with E-state index in [9.17, 15) is 24.4 Å². The summed E-state index contributed by atoms with van der Waals surface area (Å²) >= 11 is 0. The third-order valence-corrected chi connectivity index (χ3v) is 5.32. The molecule has 0 saturated heterocycles. The van der Waals surface area contributed by atoms with E-state index in [-0.39, 0.29) is 6.04 Å². The lowest BCUT2D eigenvalue weighted by atomic mass is 9.95. The van der Waals surface area contributed by atoms with Gasteiger partial charge in [0.25, 0.3) is 0 Å². The van der Waals surface area contributed by atoms with Crippen LogP contribution in [0.25, 0.3) is 0 Å². The molecule has 10 heteroatoms. The normalized spacial score (nSPS) is 13.5. The van der Waals surface area contributed by atoms with Crippen LogP contribution in [0.4, 0.5) is 4.79 Å². The van der Waals surface area contributed by atoms with Crippen LogP contribution in [-0.4, -0.2) is 52.9 Å². The zero-order chi connectivity index (χ0) is 27.6. The van der Waals surface area contributed by atoms with Crippen LogP contribution in [0, 0.1) is 25.2 Å². The molecule has 1 aromatic rings. The molecule has 4 N–H and O–H groups in total. The van der Waals surface area contributed by atoms with Crippen molar-refractivity contribution >= 4 is 23.8 Å². The molecule has 0 fully saturated rings. The van der Waals surface area contributed by atoms with E-state index in [1.165, 1.54) is 0 Å². The van der Waals surface area contributed by atoms with Gasteiger partial charge in [-0.3, -0.25) is 14.4 Å². The maximum Gasteiger partial charge on any atom is 0.408 e. The van der Waals surface area contributed by atoms with Crippen molar-refractivity contribution in [3.8, 4) is 6.07 Å². The summed E-state index contributed by atoms with van der Waals surface area (Å²) < 4.78 is 5.23. The SMILES string of the molecule is CCCC(C)NC(=O)C(c1cc(C)ccc1C)N(CC#N)C(=O)C(CC(N)=O)NC(=O)OC(C)(C)C. The van der Waals surface area contributed by atoms with Crippen LogP contribution in [0.1, 0.15) is 76.6 Å². The number of primary amides is 1. The number of nitrogens with zero attached hydrogens (tertiary/aromatic N) is 2. The third kappa shape index (κ3) is 9.56. The zero-order valence-electron chi connectivity index (χ0n) is 22.3. The van der Waals surface area contributed by atoms with Gasteiger partial charge < -0.3 is 26.0 Å². The highest BCUT2D eigenvalue weighted by Gasteiger charge is 2.38. The number of carbonyl (C=O) groups is 4. The van der Waals surface area contributed by atoms with E-state index in [1.54, 1.807) is 33.8 Å². The Hall–Kier alpha value is -3.61. The molecule has 0 aliphatic carbocycles. The molecule has 1 rings (SSSR count). The Morgan fingerprint density at radius 3 is 2.33 bits per heavy atom. The molecule has 0 aliphatic rings. The minimum Gasteiger partial charge on any atom is -0.444 e. The van der Waals surface area contributed by atoms with Gasteiger partial charge in [-0.1, -0.05) is 37.1 Å². The molecule has 10 nitrogen and oxygen atoms in total. The van der Waals surface area contributed by atoms with Crippen molar-refractivity contribution in [1.29, 1.82) is 5.26 Å². The lowest BCUT2D eigenvalue weighted by molar-refractivity contribution is -0.142. The Balaban J connectivity index is 3.54. The number of alkyl carbamates (subject to hydrolysis) is 1. The minimum atomic E-state index is -1.43. The molecule has 0 radical (unpaired) electrons. The van der Waals surface area contributed by atoms with Gasteiger partial charge in [-0.2, -0.15) is 5.26 Å². The molecule has 1 aromatic carbocycles. The van der Waals surface area contributed by atoms with Crippen molar-refractivity contribution in [3.05, 3.63) is 34.9 Å². The number of benzene rings is 1. The average molecular weight is 502 g/mol. The van der Waals surface area contributed by atoms with Gasteiger partial charge in [0, 0.05) is 6.04 Å². The van der Waals surface area contributed by atoms with E-state index in [4.69, 9.17) is 10.5 Å². The van der Waals surface area contributed by atoms with Crippen molar-refractivity contribution in [1.82, 2.24) is 15.5 Å². The average Bonchev–Trinajstić information content (AvgIpc) is 2.73. The number of hydrogen-bond acceptors (Lipinski definition) is 6. The van der Waals surface area contributed by atoms with E-state index in [2.05, 4.69) is 10.6 Å². The Bertz CT molecular complexity index is 995. The van der Waals surface area contributed by atoms with Gasteiger partial charge in [-0.25, -0.2) is 4.79 Å². The predicted molar refractivity (Wildman–Crippen MR) is 135 cm³/mol. The van der Waals surface area contributed by atoms with Crippen LogP contribution >= 0.6 is 0 Å². The molecule has 36 heavy (non-hydrogen) atoms. The second-order valence-corrected chi connectivity index (χ2v) is 9.95. The van der Waals surface area contributed by atoms with E-state index in [0.29, 0.717) is 5.56 Å². The predicted octanol–water partition coefficient (Wildman–Crippen LogP) is 2.77. The van der Waals surface area contributed by atoms with E-state index < -0.39 is 54.5 Å². The highest BCUT2D eigenvalue weighted by atomic mass is 16.6. The molecular weight excluding hydrogens is 462 g/mol. The standard InChI is InChI=1S/C26H39N5O5/c1-8-9-18(4)29-23(33)22(19-14-16(2)10-11-17(19)3)31(13-12-27)24(34)20(15-21(28)32)30-25(35)36-26(5,6)7/h10-11,14,18,20,22H,8-9,13,15H2,1-7H3,(H2,28,32)(H,29,33)(H,30,35). The fraction of sp³-hybridized carbons (Fsp3) is 0.577. The molecule has 3 atom stereocenters. The van der Waals surface area contributed by atoms with Crippen molar-refractivity contribution in [2.24, 2.45) is 5.73 Å². The van der Waals surface area contributed by atoms with Crippen LogP contribution in [0.2, 0.25) is 0 Å². The summed E-state index contributed by atoms with van der Waals surface area (Å²) in [6.07, 6.45) is 0.106. The second-order valence-electron chi connectivity index (χ2n) is 9.95. The van der Waals surface area contributed by atoms with Gasteiger partial charge in [-0.05, 0) is 59.1 Å². The fourth-order valence-electron chi connectivity index (χ4n) is 3.76. The summed E-state index contributed by atoms with van der Waals surface area (Å²) in [5.74, 6) is -2.11. The molecule has 3 unspecified atom stereocenters. The first-order chi connectivity index (χ1) is 16.7. The maximum absolute atomic E-state index is 13.7. The smallest absolute Gasteiger partial charge is 0.408 e. The second kappa shape index (κ2) is 13.5. The minimum absolute atomic E-state index is 0.171. The first kappa shape index (κ1) is 30.4. The molecule has 198 valence electrons. The van der Waals surface area contributed by atoms with Gasteiger partial charge in [-0.15, -0.1) is 0 Å². The lowest BCUT2D eigenvalue weighted by Crippen LogP contribution is -2.54. The number of nitriles is 1. The molecule has 0 bridgehead atoms. The molecule has 0 aromatic heterocycles.